The van der Waals surface area contributed by atoms with E-state index in [1.54, 1.807) is 60.7 Å². The summed E-state index contributed by atoms with van der Waals surface area (Å²) in [5.74, 6) is -0.148. The number of nitrogens with one attached hydrogen (secondary N) is 1. The van der Waals surface area contributed by atoms with Gasteiger partial charge in [-0.3, -0.25) is 10.1 Å². The van der Waals surface area contributed by atoms with Gasteiger partial charge in [-0.25, -0.2) is 4.79 Å². The predicted molar refractivity (Wildman–Crippen MR) is 143 cm³/mol. The number of para-hydroxylation sites is 2. The molecule has 0 fully saturated rings. The Morgan fingerprint density at radius 3 is 2.31 bits per heavy atom. The van der Waals surface area contributed by atoms with E-state index in [1.165, 1.54) is 0 Å². The monoisotopic (exact) mass is 623 g/mol. The van der Waals surface area contributed by atoms with Crippen molar-refractivity contribution in [2.75, 3.05) is 17.7 Å². The topological polar surface area (TPSA) is 94.1 Å². The first-order valence-corrected chi connectivity index (χ1v) is 12.8. The van der Waals surface area contributed by atoms with Crippen molar-refractivity contribution in [2.45, 2.75) is 18.6 Å². The van der Waals surface area contributed by atoms with Gasteiger partial charge in [-0.15, -0.1) is 0 Å². The fourth-order valence-corrected chi connectivity index (χ4v) is 4.56. The molecule has 0 spiro atoms. The third-order valence-corrected chi connectivity index (χ3v) is 6.10. The molecule has 3 rings (SSSR count). The Kier molecular flexibility index (Phi) is 10.3. The maximum Gasteiger partial charge on any atom is 0.412 e. The van der Waals surface area contributed by atoms with Gasteiger partial charge in [-0.05, 0) is 52.3 Å². The van der Waals surface area contributed by atoms with Crippen LogP contribution in [0.5, 0.6) is 11.5 Å². The van der Waals surface area contributed by atoms with Crippen LogP contribution in [0, 0.1) is 0 Å². The highest BCUT2D eigenvalue weighted by Crippen LogP contribution is 2.39. The number of phenols is 1. The van der Waals surface area contributed by atoms with Gasteiger partial charge in [0.15, 0.2) is 6.10 Å². The Morgan fingerprint density at radius 2 is 1.66 bits per heavy atom. The minimum absolute atomic E-state index is 0.00695. The van der Waals surface area contributed by atoms with Crippen molar-refractivity contribution >= 4 is 62.2 Å². The largest absolute Gasteiger partial charge is 0.506 e. The Hall–Kier alpha value is -2.69. The number of benzene rings is 3. The number of halogens is 2. The van der Waals surface area contributed by atoms with Gasteiger partial charge in [0.05, 0.1) is 16.8 Å². The summed E-state index contributed by atoms with van der Waals surface area (Å²) >= 11 is 10.7. The molecule has 3 aromatic rings. The van der Waals surface area contributed by atoms with E-state index in [2.05, 4.69) is 49.8 Å². The van der Waals surface area contributed by atoms with E-state index in [0.717, 1.165) is 0 Å². The molecule has 7 nitrogen and oxygen atoms in total. The minimum atomic E-state index is -1.07. The summed E-state index contributed by atoms with van der Waals surface area (Å²) in [7, 11) is 0. The lowest BCUT2D eigenvalue weighted by molar-refractivity contribution is -0.141. The van der Waals surface area contributed by atoms with Gasteiger partial charge in [0.2, 0.25) is 0 Å². The van der Waals surface area contributed by atoms with Crippen LogP contribution in [0.15, 0.2) is 81.7 Å². The standard InChI is InChI=1S/C25H23Br2NO6S/c26-16-13-19(23(30)20(27)14-16)24(34-25(31)28-17-7-3-1-4-8-17)21(11-12-32-22(29)15-35)33-18-9-5-2-6-10-18/h1-10,13-14,21,24,30,35H,11-12,15H2,(H,28,31)/t21-,24-/m1/s1. The van der Waals surface area contributed by atoms with Crippen LogP contribution in [0.2, 0.25) is 0 Å². The van der Waals surface area contributed by atoms with Gasteiger partial charge in [-0.1, -0.05) is 52.3 Å². The van der Waals surface area contributed by atoms with Gasteiger partial charge in [-0.2, -0.15) is 12.6 Å². The van der Waals surface area contributed by atoms with Crippen molar-refractivity contribution in [3.8, 4) is 11.5 Å². The Labute approximate surface area is 225 Å². The van der Waals surface area contributed by atoms with Crippen LogP contribution in [0.4, 0.5) is 10.5 Å². The van der Waals surface area contributed by atoms with E-state index < -0.39 is 24.3 Å². The van der Waals surface area contributed by atoms with Gasteiger partial charge in [0.1, 0.15) is 17.6 Å². The maximum atomic E-state index is 12.9. The molecule has 0 aliphatic carbocycles. The number of carbonyl (C=O) groups excluding carboxylic acids is 2. The summed E-state index contributed by atoms with van der Waals surface area (Å²) in [6.45, 7) is -0.00695. The van der Waals surface area contributed by atoms with Gasteiger partial charge >= 0.3 is 12.1 Å². The van der Waals surface area contributed by atoms with Crippen molar-refractivity contribution in [3.05, 3.63) is 87.3 Å². The molecule has 10 heteroatoms. The molecule has 35 heavy (non-hydrogen) atoms. The second kappa shape index (κ2) is 13.4. The van der Waals surface area contributed by atoms with Crippen LogP contribution in [0.25, 0.3) is 0 Å². The van der Waals surface area contributed by atoms with Crippen LogP contribution in [-0.4, -0.2) is 35.6 Å². The normalized spacial score (nSPS) is 12.3. The highest BCUT2D eigenvalue weighted by Gasteiger charge is 2.32. The van der Waals surface area contributed by atoms with Crippen LogP contribution in [-0.2, 0) is 14.3 Å². The van der Waals surface area contributed by atoms with Crippen molar-refractivity contribution < 1.29 is 28.9 Å². The number of aromatic hydroxyl groups is 1. The molecular weight excluding hydrogens is 602 g/mol. The molecule has 0 aliphatic heterocycles. The van der Waals surface area contributed by atoms with Crippen LogP contribution < -0.4 is 10.1 Å². The molecule has 0 saturated heterocycles. The zero-order valence-electron chi connectivity index (χ0n) is 18.4. The van der Waals surface area contributed by atoms with Crippen molar-refractivity contribution in [3.63, 3.8) is 0 Å². The van der Waals surface area contributed by atoms with E-state index >= 15 is 0 Å². The SMILES string of the molecule is O=C(CS)OCC[C@@H](Oc1ccccc1)[C@H](OC(=O)Nc1ccccc1)c1cc(Br)cc(Br)c1O. The van der Waals surface area contributed by atoms with Gasteiger partial charge in [0, 0.05) is 22.1 Å². The average molecular weight is 625 g/mol. The zero-order chi connectivity index (χ0) is 25.2. The quantitative estimate of drug-likeness (QED) is 0.176. The lowest BCUT2D eigenvalue weighted by Crippen LogP contribution is -2.32. The van der Waals surface area contributed by atoms with E-state index in [1.807, 2.05) is 12.1 Å². The number of hydrogen-bond donors (Lipinski definition) is 3. The van der Waals surface area contributed by atoms with Crippen molar-refractivity contribution in [1.29, 1.82) is 0 Å². The molecule has 0 bridgehead atoms. The molecule has 1 amide bonds. The molecule has 3 aromatic carbocycles. The maximum absolute atomic E-state index is 12.9. The molecule has 0 saturated carbocycles. The Morgan fingerprint density at radius 1 is 1.00 bits per heavy atom. The predicted octanol–water partition coefficient (Wildman–Crippen LogP) is 6.52. The molecule has 0 aliphatic rings. The van der Waals surface area contributed by atoms with Crippen LogP contribution in [0.1, 0.15) is 18.1 Å². The second-order valence-electron chi connectivity index (χ2n) is 7.28. The summed E-state index contributed by atoms with van der Waals surface area (Å²) in [5.41, 5.74) is 0.843. The van der Waals surface area contributed by atoms with Crippen LogP contribution >= 0.6 is 44.5 Å². The fraction of sp³-hybridized carbons (Fsp3) is 0.200. The average Bonchev–Trinajstić information content (AvgIpc) is 2.85. The molecule has 0 unspecified atom stereocenters. The summed E-state index contributed by atoms with van der Waals surface area (Å²) in [5, 5.41) is 13.5. The number of rotatable bonds is 10. The number of thiol groups is 1. The summed E-state index contributed by atoms with van der Waals surface area (Å²) < 4.78 is 18.2. The first-order chi connectivity index (χ1) is 16.9. The van der Waals surface area contributed by atoms with E-state index in [-0.39, 0.29) is 24.5 Å². The fourth-order valence-electron chi connectivity index (χ4n) is 3.21. The smallest absolute Gasteiger partial charge is 0.412 e. The first-order valence-electron chi connectivity index (χ1n) is 10.6. The van der Waals surface area contributed by atoms with Gasteiger partial charge in [0.25, 0.3) is 0 Å². The number of hydrogen-bond acceptors (Lipinski definition) is 7. The molecular formula is C25H23Br2NO6S. The van der Waals surface area contributed by atoms with Gasteiger partial charge < -0.3 is 19.3 Å². The molecule has 2 N–H and O–H groups in total. The summed E-state index contributed by atoms with van der Waals surface area (Å²) in [6.07, 6.45) is -2.46. The zero-order valence-corrected chi connectivity index (χ0v) is 22.5. The highest BCUT2D eigenvalue weighted by atomic mass is 79.9. The first kappa shape index (κ1) is 26.9. The number of carbonyl (C=O) groups is 2. The minimum Gasteiger partial charge on any atom is -0.506 e. The van der Waals surface area contributed by atoms with E-state index in [0.29, 0.717) is 25.9 Å². The highest BCUT2D eigenvalue weighted by molar-refractivity contribution is 9.11. The molecule has 2 atom stereocenters. The van der Waals surface area contributed by atoms with Crippen molar-refractivity contribution in [2.24, 2.45) is 0 Å². The third kappa shape index (κ3) is 8.19. The Balaban J connectivity index is 1.95. The number of anilines is 1. The number of amides is 1. The number of phenolic OH excluding ortho intramolecular Hbond substituents is 1. The lowest BCUT2D eigenvalue weighted by Gasteiger charge is -2.29. The lowest BCUT2D eigenvalue weighted by atomic mass is 10.0. The van der Waals surface area contributed by atoms with E-state index in [4.69, 9.17) is 14.2 Å². The van der Waals surface area contributed by atoms with E-state index in [9.17, 15) is 14.7 Å². The van der Waals surface area contributed by atoms with Crippen molar-refractivity contribution in [1.82, 2.24) is 0 Å². The molecule has 184 valence electrons. The number of ether oxygens (including phenoxy) is 3. The third-order valence-electron chi connectivity index (χ3n) is 4.78. The molecule has 0 aromatic heterocycles. The Bertz CT molecular complexity index is 1130. The summed E-state index contributed by atoms with van der Waals surface area (Å²) in [6, 6.07) is 21.1. The molecule has 0 heterocycles. The van der Waals surface area contributed by atoms with Crippen LogP contribution in [0.3, 0.4) is 0 Å². The molecule has 0 radical (unpaired) electrons. The second-order valence-corrected chi connectivity index (χ2v) is 9.37. The summed E-state index contributed by atoms with van der Waals surface area (Å²) in [4.78, 5) is 24.5. The number of esters is 1.